The molecule has 16 heavy (non-hydrogen) atoms. The summed E-state index contributed by atoms with van der Waals surface area (Å²) in [6, 6.07) is 0. The minimum Gasteiger partial charge on any atom is -0.375 e. The maximum atomic E-state index is 5.57. The molecule has 2 heterocycles. The van der Waals surface area contributed by atoms with Crippen LogP contribution in [0.2, 0.25) is 0 Å². The van der Waals surface area contributed by atoms with Crippen LogP contribution >= 0.6 is 0 Å². The Kier molecular flexibility index (Phi) is 2.80. The van der Waals surface area contributed by atoms with Crippen molar-refractivity contribution in [2.75, 3.05) is 20.2 Å². The lowest BCUT2D eigenvalue weighted by Crippen LogP contribution is -2.61. The largest absolute Gasteiger partial charge is 0.375 e. The maximum absolute atomic E-state index is 5.57. The Morgan fingerprint density at radius 3 is 2.56 bits per heavy atom. The highest BCUT2D eigenvalue weighted by molar-refractivity contribution is 5.13. The van der Waals surface area contributed by atoms with Gasteiger partial charge in [-0.2, -0.15) is 5.10 Å². The van der Waals surface area contributed by atoms with Crippen LogP contribution in [0.1, 0.15) is 26.3 Å². The van der Waals surface area contributed by atoms with Gasteiger partial charge in [-0.1, -0.05) is 0 Å². The van der Waals surface area contributed by atoms with Gasteiger partial charge in [0.05, 0.1) is 17.3 Å². The highest BCUT2D eigenvalue weighted by Crippen LogP contribution is 2.22. The van der Waals surface area contributed by atoms with Crippen molar-refractivity contribution >= 4 is 0 Å². The summed E-state index contributed by atoms with van der Waals surface area (Å²) in [6.45, 7) is 8.33. The highest BCUT2D eigenvalue weighted by atomic mass is 16.5. The lowest BCUT2D eigenvalue weighted by Gasteiger charge is -2.41. The third-order valence-electron chi connectivity index (χ3n) is 3.18. The molecule has 4 heteroatoms. The summed E-state index contributed by atoms with van der Waals surface area (Å²) < 4.78 is 7.58. The van der Waals surface area contributed by atoms with Gasteiger partial charge in [-0.05, 0) is 26.3 Å². The van der Waals surface area contributed by atoms with Crippen molar-refractivity contribution in [2.24, 2.45) is 0 Å². The minimum atomic E-state index is -0.00819. The van der Waals surface area contributed by atoms with E-state index >= 15 is 0 Å². The van der Waals surface area contributed by atoms with Crippen molar-refractivity contribution in [3.8, 4) is 0 Å². The fourth-order valence-electron chi connectivity index (χ4n) is 1.94. The summed E-state index contributed by atoms with van der Waals surface area (Å²) >= 11 is 0. The molecule has 0 atom stereocenters. The summed E-state index contributed by atoms with van der Waals surface area (Å²) in [5, 5.41) is 7.66. The normalized spacial score (nSPS) is 19.5. The Bertz CT molecular complexity index is 355. The van der Waals surface area contributed by atoms with Gasteiger partial charge in [0.25, 0.3) is 0 Å². The molecule has 1 saturated heterocycles. The molecule has 1 aromatic heterocycles. The van der Waals surface area contributed by atoms with E-state index in [2.05, 4.69) is 37.4 Å². The Balaban J connectivity index is 2.08. The molecule has 2 rings (SSSR count). The molecule has 0 aliphatic carbocycles. The SMILES string of the molecule is COC1(Cc2cnn(C(C)(C)C)c2)CNC1. The molecule has 0 amide bonds. The summed E-state index contributed by atoms with van der Waals surface area (Å²) in [6.07, 6.45) is 5.01. The number of aromatic nitrogens is 2. The smallest absolute Gasteiger partial charge is 0.0967 e. The molecule has 0 aromatic carbocycles. The number of nitrogens with one attached hydrogen (secondary N) is 1. The molecule has 0 radical (unpaired) electrons. The van der Waals surface area contributed by atoms with E-state index in [9.17, 15) is 0 Å². The Labute approximate surface area is 97.0 Å². The number of hydrogen-bond acceptors (Lipinski definition) is 3. The fourth-order valence-corrected chi connectivity index (χ4v) is 1.94. The molecule has 0 bridgehead atoms. The third kappa shape index (κ3) is 2.13. The number of nitrogens with zero attached hydrogens (tertiary/aromatic N) is 2. The van der Waals surface area contributed by atoms with Crippen LogP contribution in [0.5, 0.6) is 0 Å². The van der Waals surface area contributed by atoms with E-state index in [0.717, 1.165) is 19.5 Å². The van der Waals surface area contributed by atoms with Gasteiger partial charge in [-0.3, -0.25) is 4.68 Å². The monoisotopic (exact) mass is 223 g/mol. The average Bonchev–Trinajstić information content (AvgIpc) is 2.58. The predicted octanol–water partition coefficient (Wildman–Crippen LogP) is 1.17. The first-order valence-corrected chi connectivity index (χ1v) is 5.75. The predicted molar refractivity (Wildman–Crippen MR) is 63.5 cm³/mol. The highest BCUT2D eigenvalue weighted by Gasteiger charge is 2.37. The molecular formula is C12H21N3O. The van der Waals surface area contributed by atoms with Gasteiger partial charge in [0.15, 0.2) is 0 Å². The fraction of sp³-hybridized carbons (Fsp3) is 0.750. The van der Waals surface area contributed by atoms with Crippen LogP contribution in [0.25, 0.3) is 0 Å². The van der Waals surface area contributed by atoms with Gasteiger partial charge in [-0.15, -0.1) is 0 Å². The van der Waals surface area contributed by atoms with E-state index in [1.54, 1.807) is 7.11 Å². The number of methoxy groups -OCH3 is 1. The molecule has 0 saturated carbocycles. The first kappa shape index (κ1) is 11.6. The number of rotatable bonds is 3. The molecule has 0 spiro atoms. The van der Waals surface area contributed by atoms with E-state index in [4.69, 9.17) is 4.74 Å². The standard InChI is InChI=1S/C12H21N3O/c1-11(2,3)15-7-10(6-14-15)5-12(16-4)8-13-9-12/h6-7,13H,5,8-9H2,1-4H3. The minimum absolute atomic E-state index is 0.00819. The van der Waals surface area contributed by atoms with Crippen molar-refractivity contribution in [1.82, 2.24) is 15.1 Å². The molecule has 4 nitrogen and oxygen atoms in total. The third-order valence-corrected chi connectivity index (χ3v) is 3.18. The van der Waals surface area contributed by atoms with Gasteiger partial charge in [-0.25, -0.2) is 0 Å². The Morgan fingerprint density at radius 1 is 1.50 bits per heavy atom. The lowest BCUT2D eigenvalue weighted by atomic mass is 9.90. The second-order valence-corrected chi connectivity index (χ2v) is 5.63. The zero-order chi connectivity index (χ0) is 11.8. The van der Waals surface area contributed by atoms with Crippen LogP contribution in [-0.4, -0.2) is 35.6 Å². The van der Waals surface area contributed by atoms with Crippen LogP contribution in [0, 0.1) is 0 Å². The molecule has 1 aliphatic rings. The van der Waals surface area contributed by atoms with Crippen LogP contribution in [0.15, 0.2) is 12.4 Å². The van der Waals surface area contributed by atoms with Crippen LogP contribution in [-0.2, 0) is 16.7 Å². The van der Waals surface area contributed by atoms with E-state index in [1.165, 1.54) is 5.56 Å². The van der Waals surface area contributed by atoms with Crippen molar-refractivity contribution in [1.29, 1.82) is 0 Å². The van der Waals surface area contributed by atoms with E-state index in [1.807, 2.05) is 10.9 Å². The van der Waals surface area contributed by atoms with Gasteiger partial charge < -0.3 is 10.1 Å². The van der Waals surface area contributed by atoms with Crippen LogP contribution < -0.4 is 5.32 Å². The van der Waals surface area contributed by atoms with Gasteiger partial charge in [0.2, 0.25) is 0 Å². The van der Waals surface area contributed by atoms with Crippen molar-refractivity contribution in [3.05, 3.63) is 18.0 Å². The average molecular weight is 223 g/mol. The van der Waals surface area contributed by atoms with Crippen LogP contribution in [0.3, 0.4) is 0 Å². The molecule has 1 aliphatic heterocycles. The zero-order valence-corrected chi connectivity index (χ0v) is 10.6. The van der Waals surface area contributed by atoms with Gasteiger partial charge in [0, 0.05) is 32.8 Å². The van der Waals surface area contributed by atoms with Crippen molar-refractivity contribution < 1.29 is 4.74 Å². The zero-order valence-electron chi connectivity index (χ0n) is 10.6. The molecule has 1 aromatic rings. The Hall–Kier alpha value is -0.870. The van der Waals surface area contributed by atoms with Crippen LogP contribution in [0.4, 0.5) is 0 Å². The van der Waals surface area contributed by atoms with E-state index in [0.29, 0.717) is 0 Å². The first-order valence-electron chi connectivity index (χ1n) is 5.75. The summed E-state index contributed by atoms with van der Waals surface area (Å²) in [5.74, 6) is 0. The quantitative estimate of drug-likeness (QED) is 0.836. The van der Waals surface area contributed by atoms with Gasteiger partial charge in [0.1, 0.15) is 0 Å². The van der Waals surface area contributed by atoms with E-state index < -0.39 is 0 Å². The van der Waals surface area contributed by atoms with Crippen molar-refractivity contribution in [3.63, 3.8) is 0 Å². The summed E-state index contributed by atoms with van der Waals surface area (Å²) in [4.78, 5) is 0. The molecular weight excluding hydrogens is 202 g/mol. The van der Waals surface area contributed by atoms with E-state index in [-0.39, 0.29) is 11.1 Å². The maximum Gasteiger partial charge on any atom is 0.0967 e. The topological polar surface area (TPSA) is 39.1 Å². The molecule has 0 unspecified atom stereocenters. The number of hydrogen-bond donors (Lipinski definition) is 1. The summed E-state index contributed by atoms with van der Waals surface area (Å²) in [7, 11) is 1.79. The van der Waals surface area contributed by atoms with Gasteiger partial charge >= 0.3 is 0 Å². The second-order valence-electron chi connectivity index (χ2n) is 5.63. The second kappa shape index (κ2) is 3.86. The lowest BCUT2D eigenvalue weighted by molar-refractivity contribution is -0.0502. The Morgan fingerprint density at radius 2 is 2.19 bits per heavy atom. The number of ether oxygens (including phenoxy) is 1. The first-order chi connectivity index (χ1) is 7.45. The molecule has 1 N–H and O–H groups in total. The molecule has 1 fully saturated rings. The summed E-state index contributed by atoms with van der Waals surface area (Å²) in [5.41, 5.74) is 1.29. The molecule has 90 valence electrons. The van der Waals surface area contributed by atoms with Crippen molar-refractivity contribution in [2.45, 2.75) is 38.3 Å².